The van der Waals surface area contributed by atoms with Crippen LogP contribution in [-0.4, -0.2) is 25.9 Å². The van der Waals surface area contributed by atoms with E-state index in [-0.39, 0.29) is 17.6 Å². The Hall–Kier alpha value is -4.75. The number of rotatable bonds is 9. The van der Waals surface area contributed by atoms with E-state index in [1.807, 2.05) is 66.7 Å². The molecule has 0 fully saturated rings. The number of benzene rings is 4. The molecule has 0 aliphatic carbocycles. The van der Waals surface area contributed by atoms with Gasteiger partial charge in [0.25, 0.3) is 0 Å². The van der Waals surface area contributed by atoms with E-state index in [2.05, 4.69) is 34.2 Å². The summed E-state index contributed by atoms with van der Waals surface area (Å²) >= 11 is 6.48. The van der Waals surface area contributed by atoms with Gasteiger partial charge in [-0.2, -0.15) is 0 Å². The zero-order valence-corrected chi connectivity index (χ0v) is 23.1. The zero-order chi connectivity index (χ0) is 28.3. The van der Waals surface area contributed by atoms with Crippen molar-refractivity contribution in [3.05, 3.63) is 118 Å². The summed E-state index contributed by atoms with van der Waals surface area (Å²) in [5.41, 5.74) is 6.15. The molecule has 1 atom stereocenters. The van der Waals surface area contributed by atoms with Crippen molar-refractivity contribution in [2.75, 3.05) is 0 Å². The van der Waals surface area contributed by atoms with Crippen molar-refractivity contribution in [2.24, 2.45) is 0 Å². The van der Waals surface area contributed by atoms with Crippen LogP contribution in [0.25, 0.3) is 45.0 Å². The first-order valence-electron chi connectivity index (χ1n) is 13.5. The van der Waals surface area contributed by atoms with Crippen LogP contribution in [0.3, 0.4) is 0 Å². The van der Waals surface area contributed by atoms with E-state index in [1.54, 1.807) is 12.1 Å². The van der Waals surface area contributed by atoms with Gasteiger partial charge in [-0.15, -0.1) is 5.10 Å². The number of nitrogens with zero attached hydrogens (tertiary/aromatic N) is 2. The van der Waals surface area contributed by atoms with E-state index >= 15 is 0 Å². The number of hydrogen-bond acceptors (Lipinski definition) is 5. The number of ketones is 1. The third-order valence-corrected chi connectivity index (χ3v) is 7.50. The molecule has 6 rings (SSSR count). The normalized spacial score (nSPS) is 12.0. The molecular formula is C33H27ClN4O3. The van der Waals surface area contributed by atoms with Crippen LogP contribution in [0.4, 0.5) is 0 Å². The molecule has 4 aromatic carbocycles. The molecule has 0 amide bonds. The SMILES string of the molecule is CCC[C@@H](CC(=O)c1ccc(-c2cc(Cl)ccc2-c2nc3ccccc3[nH]2)c(-c2n[nH]c(=O)o2)c1)c1ccccc1. The van der Waals surface area contributed by atoms with Gasteiger partial charge in [-0.1, -0.05) is 79.5 Å². The van der Waals surface area contributed by atoms with Crippen molar-refractivity contribution in [3.63, 3.8) is 0 Å². The zero-order valence-electron chi connectivity index (χ0n) is 22.4. The number of aromatic amines is 2. The molecular weight excluding hydrogens is 536 g/mol. The molecule has 0 aliphatic rings. The van der Waals surface area contributed by atoms with Crippen molar-refractivity contribution in [1.29, 1.82) is 0 Å². The van der Waals surface area contributed by atoms with Gasteiger partial charge in [0.1, 0.15) is 5.82 Å². The minimum absolute atomic E-state index is 0.00147. The fourth-order valence-electron chi connectivity index (χ4n) is 5.30. The van der Waals surface area contributed by atoms with Crippen molar-refractivity contribution in [2.45, 2.75) is 32.1 Å². The Bertz CT molecular complexity index is 1870. The third-order valence-electron chi connectivity index (χ3n) is 7.27. The number of nitrogens with one attached hydrogen (secondary N) is 2. The molecule has 0 saturated carbocycles. The van der Waals surface area contributed by atoms with E-state index in [9.17, 15) is 9.59 Å². The van der Waals surface area contributed by atoms with Crippen LogP contribution in [0.5, 0.6) is 0 Å². The summed E-state index contributed by atoms with van der Waals surface area (Å²) in [6.45, 7) is 2.12. The average molecular weight is 563 g/mol. The van der Waals surface area contributed by atoms with Crippen molar-refractivity contribution in [1.82, 2.24) is 20.2 Å². The highest BCUT2D eigenvalue weighted by Crippen LogP contribution is 2.39. The Labute approximate surface area is 241 Å². The lowest BCUT2D eigenvalue weighted by Crippen LogP contribution is -2.08. The quantitative estimate of drug-likeness (QED) is 0.173. The first-order valence-corrected chi connectivity index (χ1v) is 13.9. The van der Waals surface area contributed by atoms with Crippen LogP contribution in [0.1, 0.15) is 48.0 Å². The third kappa shape index (κ3) is 5.49. The number of halogens is 1. The number of fused-ring (bicyclic) bond motifs is 1. The van der Waals surface area contributed by atoms with Gasteiger partial charge in [0.05, 0.1) is 11.0 Å². The van der Waals surface area contributed by atoms with Crippen LogP contribution >= 0.6 is 11.6 Å². The minimum atomic E-state index is -0.682. The van der Waals surface area contributed by atoms with Crippen LogP contribution in [-0.2, 0) is 0 Å². The Kier molecular flexibility index (Phi) is 7.35. The molecule has 0 saturated heterocycles. The van der Waals surface area contributed by atoms with Gasteiger partial charge in [-0.3, -0.25) is 4.79 Å². The standard InChI is InChI=1S/C33H27ClN4O3/c1-2-8-21(20-9-4-3-5-10-20)18-30(39)22-13-15-24(27(17-22)32-37-38-33(40)41-32)26-19-23(34)14-16-25(26)31-35-28-11-6-7-12-29(28)36-31/h3-7,9-17,19,21H,2,8,18H2,1H3,(H,35,36)(H,38,40)/t21-/m0/s1. The van der Waals surface area contributed by atoms with Crippen LogP contribution in [0, 0.1) is 0 Å². The summed E-state index contributed by atoms with van der Waals surface area (Å²) in [6, 6.07) is 28.8. The Morgan fingerprint density at radius 3 is 2.44 bits per heavy atom. The molecule has 0 aliphatic heterocycles. The van der Waals surface area contributed by atoms with Crippen LogP contribution in [0.2, 0.25) is 5.02 Å². The predicted octanol–water partition coefficient (Wildman–Crippen LogP) is 8.05. The Balaban J connectivity index is 1.45. The van der Waals surface area contributed by atoms with Crippen LogP contribution < -0.4 is 5.76 Å². The van der Waals surface area contributed by atoms with Gasteiger partial charge in [0.15, 0.2) is 5.78 Å². The molecule has 2 heterocycles. The highest BCUT2D eigenvalue weighted by Gasteiger charge is 2.22. The van der Waals surface area contributed by atoms with Gasteiger partial charge in [-0.05, 0) is 65.4 Å². The molecule has 0 spiro atoms. The Morgan fingerprint density at radius 2 is 1.68 bits per heavy atom. The maximum absolute atomic E-state index is 13.6. The summed E-state index contributed by atoms with van der Waals surface area (Å²) in [5, 5.41) is 6.96. The highest BCUT2D eigenvalue weighted by atomic mass is 35.5. The van der Waals surface area contributed by atoms with E-state index in [0.717, 1.165) is 40.6 Å². The topological polar surface area (TPSA) is 105 Å². The highest BCUT2D eigenvalue weighted by molar-refractivity contribution is 6.31. The second-order valence-corrected chi connectivity index (χ2v) is 10.4. The summed E-state index contributed by atoms with van der Waals surface area (Å²) in [5.74, 6) is 0.175. The maximum Gasteiger partial charge on any atom is 0.434 e. The number of imidazole rings is 1. The molecule has 41 heavy (non-hydrogen) atoms. The monoisotopic (exact) mass is 562 g/mol. The summed E-state index contributed by atoms with van der Waals surface area (Å²) in [7, 11) is 0. The lowest BCUT2D eigenvalue weighted by atomic mass is 9.87. The van der Waals surface area contributed by atoms with Crippen molar-refractivity contribution >= 4 is 28.4 Å². The van der Waals surface area contributed by atoms with Crippen molar-refractivity contribution in [3.8, 4) is 34.0 Å². The summed E-state index contributed by atoms with van der Waals surface area (Å²) in [6.07, 6.45) is 2.23. The van der Waals surface area contributed by atoms with E-state index in [0.29, 0.717) is 34.0 Å². The minimum Gasteiger partial charge on any atom is -0.388 e. The number of H-pyrrole nitrogens is 2. The molecule has 2 aromatic heterocycles. The fraction of sp³-hybridized carbons (Fsp3) is 0.152. The van der Waals surface area contributed by atoms with Crippen LogP contribution in [0.15, 0.2) is 100 Å². The molecule has 0 radical (unpaired) electrons. The molecule has 7 nitrogen and oxygen atoms in total. The fourth-order valence-corrected chi connectivity index (χ4v) is 5.47. The van der Waals surface area contributed by atoms with Gasteiger partial charge in [0, 0.05) is 28.1 Å². The summed E-state index contributed by atoms with van der Waals surface area (Å²) < 4.78 is 5.39. The summed E-state index contributed by atoms with van der Waals surface area (Å²) in [4.78, 5) is 33.7. The smallest absolute Gasteiger partial charge is 0.388 e. The second-order valence-electron chi connectivity index (χ2n) is 9.99. The van der Waals surface area contributed by atoms with Gasteiger partial charge >= 0.3 is 5.76 Å². The lowest BCUT2D eigenvalue weighted by molar-refractivity contribution is 0.0972. The van der Waals surface area contributed by atoms with Gasteiger partial charge < -0.3 is 9.40 Å². The largest absolute Gasteiger partial charge is 0.434 e. The molecule has 6 aromatic rings. The first kappa shape index (κ1) is 26.5. The molecule has 0 bridgehead atoms. The molecule has 2 N–H and O–H groups in total. The molecule has 8 heteroatoms. The number of carbonyl (C=O) groups is 1. The maximum atomic E-state index is 13.6. The molecule has 0 unspecified atom stereocenters. The second kappa shape index (κ2) is 11.4. The first-order chi connectivity index (χ1) is 20.0. The van der Waals surface area contributed by atoms with E-state index in [4.69, 9.17) is 21.0 Å². The number of carbonyl (C=O) groups excluding carboxylic acids is 1. The predicted molar refractivity (Wildman–Crippen MR) is 161 cm³/mol. The van der Waals surface area contributed by atoms with Gasteiger partial charge in [0.2, 0.25) is 5.89 Å². The average Bonchev–Trinajstić information content (AvgIpc) is 3.63. The Morgan fingerprint density at radius 1 is 0.902 bits per heavy atom. The number of Topliss-reactive ketones (excluding diaryl/α,β-unsaturated/α-hetero) is 1. The number of aromatic nitrogens is 4. The van der Waals surface area contributed by atoms with Gasteiger partial charge in [-0.25, -0.2) is 14.9 Å². The van der Waals surface area contributed by atoms with E-state index < -0.39 is 5.76 Å². The number of hydrogen-bond donors (Lipinski definition) is 2. The number of para-hydroxylation sites is 2. The van der Waals surface area contributed by atoms with E-state index in [1.165, 1.54) is 0 Å². The lowest BCUT2D eigenvalue weighted by Gasteiger charge is -2.17. The van der Waals surface area contributed by atoms with Crippen molar-refractivity contribution < 1.29 is 9.21 Å². The molecule has 204 valence electrons.